The second kappa shape index (κ2) is 5.71. The van der Waals surface area contributed by atoms with Crippen molar-refractivity contribution in [3.63, 3.8) is 0 Å². The first-order valence-corrected chi connectivity index (χ1v) is 8.16. The summed E-state index contributed by atoms with van der Waals surface area (Å²) in [4.78, 5) is 16.0. The second-order valence-electron chi connectivity index (χ2n) is 4.29. The minimum Gasteiger partial charge on any atom is -0.331 e. The number of non-ortho nitro benzene ring substituents is 1. The highest BCUT2D eigenvalue weighted by Crippen LogP contribution is 2.31. The lowest BCUT2D eigenvalue weighted by Crippen LogP contribution is -1.92. The second-order valence-corrected chi connectivity index (χ2v) is 6.20. The molecule has 0 amide bonds. The zero-order valence-electron chi connectivity index (χ0n) is 11.1. The number of rotatable bonds is 4. The van der Waals surface area contributed by atoms with Gasteiger partial charge in [-0.2, -0.15) is 0 Å². The number of nitro benzene ring substituents is 1. The Bertz CT molecular complexity index is 817. The summed E-state index contributed by atoms with van der Waals surface area (Å²) in [6.45, 7) is 0. The van der Waals surface area contributed by atoms with Gasteiger partial charge >= 0.3 is 0 Å². The summed E-state index contributed by atoms with van der Waals surface area (Å²) < 4.78 is 1.09. The molecule has 5 nitrogen and oxygen atoms in total. The largest absolute Gasteiger partial charge is 0.331 e. The van der Waals surface area contributed by atoms with Gasteiger partial charge in [0.05, 0.1) is 15.1 Å². The van der Waals surface area contributed by atoms with Crippen molar-refractivity contribution in [2.24, 2.45) is 0 Å². The SMILES string of the molecule is CSc1ccc2nc(Nc3cccc([N+](=O)[O-])c3)sc2c1. The molecule has 21 heavy (non-hydrogen) atoms. The van der Waals surface area contributed by atoms with E-state index in [-0.39, 0.29) is 5.69 Å². The van der Waals surface area contributed by atoms with E-state index >= 15 is 0 Å². The molecule has 0 spiro atoms. The Hall–Kier alpha value is -2.12. The fourth-order valence-corrected chi connectivity index (χ4v) is 3.35. The van der Waals surface area contributed by atoms with Gasteiger partial charge in [0.1, 0.15) is 0 Å². The highest BCUT2D eigenvalue weighted by Gasteiger charge is 2.08. The minimum absolute atomic E-state index is 0.0609. The van der Waals surface area contributed by atoms with E-state index in [1.807, 2.05) is 18.4 Å². The molecule has 0 saturated carbocycles. The highest BCUT2D eigenvalue weighted by atomic mass is 32.2. The minimum atomic E-state index is -0.408. The van der Waals surface area contributed by atoms with Crippen LogP contribution < -0.4 is 5.32 Å². The van der Waals surface area contributed by atoms with E-state index < -0.39 is 4.92 Å². The van der Waals surface area contributed by atoms with Crippen molar-refractivity contribution in [2.75, 3.05) is 11.6 Å². The quantitative estimate of drug-likeness (QED) is 0.430. The van der Waals surface area contributed by atoms with E-state index in [9.17, 15) is 10.1 Å². The number of thiazole rings is 1. The third-order valence-corrected chi connectivity index (χ3v) is 4.56. The van der Waals surface area contributed by atoms with E-state index in [1.165, 1.54) is 28.4 Å². The number of anilines is 2. The van der Waals surface area contributed by atoms with Crippen molar-refractivity contribution in [2.45, 2.75) is 4.90 Å². The molecule has 1 aromatic heterocycles. The van der Waals surface area contributed by atoms with Gasteiger partial charge in [0, 0.05) is 22.7 Å². The lowest BCUT2D eigenvalue weighted by atomic mass is 10.3. The van der Waals surface area contributed by atoms with Gasteiger partial charge in [0.15, 0.2) is 5.13 Å². The van der Waals surface area contributed by atoms with Crippen LogP contribution in [0.1, 0.15) is 0 Å². The number of nitro groups is 1. The van der Waals surface area contributed by atoms with E-state index in [0.29, 0.717) is 5.69 Å². The number of benzene rings is 2. The van der Waals surface area contributed by atoms with Gasteiger partial charge in [0.25, 0.3) is 5.69 Å². The Labute approximate surface area is 129 Å². The van der Waals surface area contributed by atoms with Crippen molar-refractivity contribution in [1.82, 2.24) is 4.98 Å². The molecule has 0 radical (unpaired) electrons. The molecule has 3 rings (SSSR count). The maximum atomic E-state index is 10.8. The first kappa shape index (κ1) is 13.8. The third-order valence-electron chi connectivity index (χ3n) is 2.90. The van der Waals surface area contributed by atoms with Crippen molar-refractivity contribution >= 4 is 49.8 Å². The Kier molecular flexibility index (Phi) is 3.76. The van der Waals surface area contributed by atoms with Gasteiger partial charge in [-0.1, -0.05) is 17.4 Å². The Morgan fingerprint density at radius 1 is 1.29 bits per heavy atom. The standard InChI is InChI=1S/C14H11N3O2S2/c1-20-11-5-6-12-13(8-11)21-14(16-12)15-9-3-2-4-10(7-9)17(18)19/h2-8H,1H3,(H,15,16). The average molecular weight is 317 g/mol. The zero-order valence-corrected chi connectivity index (χ0v) is 12.7. The van der Waals surface area contributed by atoms with Gasteiger partial charge < -0.3 is 5.32 Å². The number of thioether (sulfide) groups is 1. The topological polar surface area (TPSA) is 68.1 Å². The van der Waals surface area contributed by atoms with Crippen LogP contribution in [0, 0.1) is 10.1 Å². The monoisotopic (exact) mass is 317 g/mol. The number of nitrogens with one attached hydrogen (secondary N) is 1. The molecule has 0 bridgehead atoms. The third kappa shape index (κ3) is 2.98. The molecule has 1 N–H and O–H groups in total. The number of aromatic nitrogens is 1. The molecular weight excluding hydrogens is 306 g/mol. The summed E-state index contributed by atoms with van der Waals surface area (Å²) in [6.07, 6.45) is 2.03. The first-order valence-electron chi connectivity index (χ1n) is 6.12. The fraction of sp³-hybridized carbons (Fsp3) is 0.0714. The molecule has 3 aromatic rings. The van der Waals surface area contributed by atoms with Crippen LogP contribution in [0.5, 0.6) is 0 Å². The van der Waals surface area contributed by atoms with E-state index in [2.05, 4.69) is 16.4 Å². The van der Waals surface area contributed by atoms with Crippen LogP contribution in [0.3, 0.4) is 0 Å². The lowest BCUT2D eigenvalue weighted by Gasteiger charge is -2.01. The normalized spacial score (nSPS) is 10.7. The Balaban J connectivity index is 1.91. The highest BCUT2D eigenvalue weighted by molar-refractivity contribution is 7.98. The number of fused-ring (bicyclic) bond motifs is 1. The summed E-state index contributed by atoms with van der Waals surface area (Å²) in [6, 6.07) is 12.5. The van der Waals surface area contributed by atoms with Crippen molar-refractivity contribution < 1.29 is 4.92 Å². The van der Waals surface area contributed by atoms with Gasteiger partial charge in [-0.3, -0.25) is 10.1 Å². The van der Waals surface area contributed by atoms with E-state index in [0.717, 1.165) is 15.3 Å². The molecule has 0 unspecified atom stereocenters. The molecule has 2 aromatic carbocycles. The molecule has 0 aliphatic heterocycles. The lowest BCUT2D eigenvalue weighted by molar-refractivity contribution is -0.384. The summed E-state index contributed by atoms with van der Waals surface area (Å²) in [7, 11) is 0. The number of nitrogens with zero attached hydrogens (tertiary/aromatic N) is 2. The molecule has 1 heterocycles. The van der Waals surface area contributed by atoms with Gasteiger partial charge in [-0.05, 0) is 30.5 Å². The van der Waals surface area contributed by atoms with Crippen molar-refractivity contribution in [3.05, 3.63) is 52.6 Å². The number of hydrogen-bond donors (Lipinski definition) is 1. The summed E-state index contributed by atoms with van der Waals surface area (Å²) in [5, 5.41) is 14.6. The predicted octanol–water partition coefficient (Wildman–Crippen LogP) is 4.67. The Morgan fingerprint density at radius 3 is 2.90 bits per heavy atom. The van der Waals surface area contributed by atoms with Crippen LogP contribution in [-0.4, -0.2) is 16.2 Å². The van der Waals surface area contributed by atoms with Gasteiger partial charge in [-0.15, -0.1) is 11.8 Å². The molecule has 7 heteroatoms. The summed E-state index contributed by atoms with van der Waals surface area (Å²) in [5.41, 5.74) is 1.64. The van der Waals surface area contributed by atoms with Crippen LogP contribution in [0.4, 0.5) is 16.5 Å². The fourth-order valence-electron chi connectivity index (χ4n) is 1.91. The van der Waals surface area contributed by atoms with Crippen molar-refractivity contribution in [3.8, 4) is 0 Å². The zero-order chi connectivity index (χ0) is 14.8. The van der Waals surface area contributed by atoms with Crippen LogP contribution >= 0.6 is 23.1 Å². The van der Waals surface area contributed by atoms with Gasteiger partial charge in [0.2, 0.25) is 0 Å². The first-order chi connectivity index (χ1) is 10.2. The number of hydrogen-bond acceptors (Lipinski definition) is 6. The average Bonchev–Trinajstić information content (AvgIpc) is 2.88. The maximum absolute atomic E-state index is 10.8. The molecule has 0 saturated heterocycles. The van der Waals surface area contributed by atoms with Gasteiger partial charge in [-0.25, -0.2) is 4.98 Å². The predicted molar refractivity (Wildman–Crippen MR) is 87.8 cm³/mol. The Morgan fingerprint density at radius 2 is 2.14 bits per heavy atom. The van der Waals surface area contributed by atoms with Crippen LogP contribution in [0.2, 0.25) is 0 Å². The maximum Gasteiger partial charge on any atom is 0.271 e. The van der Waals surface area contributed by atoms with E-state index in [1.54, 1.807) is 23.9 Å². The van der Waals surface area contributed by atoms with E-state index in [4.69, 9.17) is 0 Å². The molecular formula is C14H11N3O2S2. The van der Waals surface area contributed by atoms with Crippen LogP contribution in [0.25, 0.3) is 10.2 Å². The molecule has 106 valence electrons. The summed E-state index contributed by atoms with van der Waals surface area (Å²) in [5.74, 6) is 0. The molecule has 0 fully saturated rings. The molecule has 0 atom stereocenters. The van der Waals surface area contributed by atoms with Crippen LogP contribution in [0.15, 0.2) is 47.4 Å². The molecule has 0 aliphatic rings. The van der Waals surface area contributed by atoms with Crippen molar-refractivity contribution in [1.29, 1.82) is 0 Å². The van der Waals surface area contributed by atoms with Crippen LogP contribution in [-0.2, 0) is 0 Å². The summed E-state index contributed by atoms with van der Waals surface area (Å²) >= 11 is 3.22. The smallest absolute Gasteiger partial charge is 0.271 e. The molecule has 0 aliphatic carbocycles.